The van der Waals surface area contributed by atoms with E-state index in [1.807, 2.05) is 52.8 Å². The van der Waals surface area contributed by atoms with E-state index in [-0.39, 0.29) is 12.1 Å². The van der Waals surface area contributed by atoms with Gasteiger partial charge in [-0.15, -0.1) is 6.58 Å². The van der Waals surface area contributed by atoms with E-state index in [0.717, 1.165) is 35.1 Å². The Bertz CT molecular complexity index is 754. The number of hydrogen-bond donors (Lipinski definition) is 1. The summed E-state index contributed by atoms with van der Waals surface area (Å²) in [5.74, 6) is 0. The Kier molecular flexibility index (Phi) is 14.3. The van der Waals surface area contributed by atoms with Crippen molar-refractivity contribution >= 4 is 38.1 Å². The lowest BCUT2D eigenvalue weighted by Crippen LogP contribution is -2.50. The Hall–Kier alpha value is -1.76. The van der Waals surface area contributed by atoms with Gasteiger partial charge in [-0.25, -0.2) is 4.79 Å². The first kappa shape index (κ1) is 30.2. The minimum Gasteiger partial charge on any atom is -0.444 e. The fourth-order valence-electron chi connectivity index (χ4n) is 3.23. The van der Waals surface area contributed by atoms with Gasteiger partial charge in [-0.1, -0.05) is 66.7 Å². The fourth-order valence-corrected chi connectivity index (χ4v) is 3.74. The zero-order chi connectivity index (χ0) is 24.9. The number of hydrogen-bond acceptors (Lipinski definition) is 4. The van der Waals surface area contributed by atoms with Crippen molar-refractivity contribution in [2.24, 2.45) is 5.73 Å². The van der Waals surface area contributed by atoms with Gasteiger partial charge >= 0.3 is 6.09 Å². The molecule has 0 spiro atoms. The van der Waals surface area contributed by atoms with Crippen LogP contribution in [0.15, 0.2) is 50.2 Å². The molecule has 1 unspecified atom stereocenters. The lowest BCUT2D eigenvalue weighted by atomic mass is 9.95. The molecule has 1 aromatic carbocycles. The second kappa shape index (κ2) is 15.1. The second-order valence-corrected chi connectivity index (χ2v) is 9.31. The molecule has 7 heteroatoms. The van der Waals surface area contributed by atoms with Gasteiger partial charge in [0.05, 0.1) is 0 Å². The summed E-state index contributed by atoms with van der Waals surface area (Å²) in [6.07, 6.45) is 3.74. The largest absolute Gasteiger partial charge is 0.444 e. The molecule has 2 rings (SSSR count). The third-order valence-electron chi connectivity index (χ3n) is 4.46. The van der Waals surface area contributed by atoms with Gasteiger partial charge in [-0.3, -0.25) is 4.90 Å². The maximum Gasteiger partial charge on any atom is 0.410 e. The van der Waals surface area contributed by atoms with Crippen LogP contribution in [0.25, 0.3) is 4.48 Å². The van der Waals surface area contributed by atoms with E-state index in [1.165, 1.54) is 6.20 Å². The Morgan fingerprint density at radius 3 is 2.22 bits per heavy atom. The van der Waals surface area contributed by atoms with Crippen molar-refractivity contribution < 1.29 is 9.53 Å². The van der Waals surface area contributed by atoms with E-state index >= 15 is 0 Å². The molecule has 1 aromatic rings. The van der Waals surface area contributed by atoms with Gasteiger partial charge in [0.2, 0.25) is 0 Å². The summed E-state index contributed by atoms with van der Waals surface area (Å²) in [5, 5.41) is 0.682. The smallest absolute Gasteiger partial charge is 0.410 e. The normalized spacial score (nSPS) is 14.7. The molecular formula is C25H39BrClN3O2. The van der Waals surface area contributed by atoms with E-state index in [1.54, 1.807) is 4.90 Å². The van der Waals surface area contributed by atoms with Crippen LogP contribution in [-0.2, 0) is 4.74 Å². The van der Waals surface area contributed by atoms with E-state index in [2.05, 4.69) is 52.4 Å². The number of benzene rings is 1. The van der Waals surface area contributed by atoms with E-state index < -0.39 is 5.60 Å². The Morgan fingerprint density at radius 2 is 1.78 bits per heavy atom. The van der Waals surface area contributed by atoms with Crippen molar-refractivity contribution in [1.29, 1.82) is 0 Å². The molecule has 0 saturated carbocycles. The minimum absolute atomic E-state index is 0.157. The number of halogens is 2. The van der Waals surface area contributed by atoms with E-state index in [9.17, 15) is 4.79 Å². The Balaban J connectivity index is 0.00000177. The van der Waals surface area contributed by atoms with Crippen LogP contribution in [0.1, 0.15) is 58.2 Å². The number of ether oxygens (including phenoxy) is 1. The summed E-state index contributed by atoms with van der Waals surface area (Å²) in [6.45, 7) is 23.6. The molecule has 0 aromatic heterocycles. The molecule has 180 valence electrons. The molecule has 1 amide bonds. The number of carbonyl (C=O) groups is 1. The molecule has 0 aliphatic carbocycles. The van der Waals surface area contributed by atoms with Crippen LogP contribution in [0.5, 0.6) is 0 Å². The van der Waals surface area contributed by atoms with E-state index in [0.29, 0.717) is 18.1 Å². The average molecular weight is 529 g/mol. The summed E-state index contributed by atoms with van der Waals surface area (Å²) in [5.41, 5.74) is 6.30. The van der Waals surface area contributed by atoms with Crippen molar-refractivity contribution in [1.82, 2.24) is 9.80 Å². The van der Waals surface area contributed by atoms with Crippen LogP contribution in [0.2, 0.25) is 5.02 Å². The lowest BCUT2D eigenvalue weighted by Gasteiger charge is -2.40. The Labute approximate surface area is 208 Å². The van der Waals surface area contributed by atoms with Crippen LogP contribution in [-0.4, -0.2) is 47.7 Å². The number of amides is 1. The summed E-state index contributed by atoms with van der Waals surface area (Å²) < 4.78 is 6.30. The predicted molar refractivity (Wildman–Crippen MR) is 142 cm³/mol. The maximum atomic E-state index is 12.3. The van der Waals surface area contributed by atoms with Crippen molar-refractivity contribution in [2.75, 3.05) is 26.2 Å². The summed E-state index contributed by atoms with van der Waals surface area (Å²) in [6, 6.07) is 6.05. The van der Waals surface area contributed by atoms with E-state index in [4.69, 9.17) is 16.3 Å². The monoisotopic (exact) mass is 527 g/mol. The number of nitrogens with zero attached hydrogens (tertiary/aromatic N) is 2. The van der Waals surface area contributed by atoms with Crippen LogP contribution in [0.4, 0.5) is 4.79 Å². The van der Waals surface area contributed by atoms with Gasteiger partial charge in [0, 0.05) is 41.7 Å². The molecule has 0 bridgehead atoms. The molecule has 32 heavy (non-hydrogen) atoms. The van der Waals surface area contributed by atoms with Crippen LogP contribution in [0, 0.1) is 0 Å². The quantitative estimate of drug-likeness (QED) is 0.418. The van der Waals surface area contributed by atoms with Gasteiger partial charge in [0.1, 0.15) is 5.60 Å². The van der Waals surface area contributed by atoms with Crippen molar-refractivity contribution in [3.63, 3.8) is 0 Å². The maximum absolute atomic E-state index is 12.3. The lowest BCUT2D eigenvalue weighted by molar-refractivity contribution is 0.0103. The zero-order valence-electron chi connectivity index (χ0n) is 20.2. The topological polar surface area (TPSA) is 58.8 Å². The van der Waals surface area contributed by atoms with Gasteiger partial charge in [0.25, 0.3) is 0 Å². The number of piperazine rings is 1. The molecule has 5 nitrogen and oxygen atoms in total. The third kappa shape index (κ3) is 10.2. The first-order valence-corrected chi connectivity index (χ1v) is 12.0. The SMILES string of the molecule is C=CCC(c1ccc(Cl)cc1C(=C)Br)N1CCN(C(=O)OC(C)(C)C)CC1.C=CN.CC. The van der Waals surface area contributed by atoms with Gasteiger partial charge < -0.3 is 15.4 Å². The predicted octanol–water partition coefficient (Wildman–Crippen LogP) is 6.99. The summed E-state index contributed by atoms with van der Waals surface area (Å²) in [7, 11) is 0. The molecular weight excluding hydrogens is 490 g/mol. The number of nitrogens with two attached hydrogens (primary N) is 1. The van der Waals surface area contributed by atoms with Crippen molar-refractivity contribution in [3.05, 3.63) is 66.4 Å². The summed E-state index contributed by atoms with van der Waals surface area (Å²) >= 11 is 9.68. The van der Waals surface area contributed by atoms with Crippen molar-refractivity contribution in [2.45, 2.75) is 52.7 Å². The molecule has 1 heterocycles. The molecule has 1 aliphatic heterocycles. The van der Waals surface area contributed by atoms with Crippen molar-refractivity contribution in [3.8, 4) is 0 Å². The highest BCUT2D eigenvalue weighted by molar-refractivity contribution is 9.15. The molecule has 1 fully saturated rings. The third-order valence-corrected chi connectivity index (χ3v) is 5.13. The summed E-state index contributed by atoms with van der Waals surface area (Å²) in [4.78, 5) is 16.5. The molecule has 0 radical (unpaired) electrons. The molecule has 2 N–H and O–H groups in total. The number of rotatable bonds is 5. The van der Waals surface area contributed by atoms with Gasteiger partial charge in [0.15, 0.2) is 0 Å². The van der Waals surface area contributed by atoms with Gasteiger partial charge in [-0.05, 0) is 56.7 Å². The highest BCUT2D eigenvalue weighted by Crippen LogP contribution is 2.35. The molecule has 1 atom stereocenters. The highest BCUT2D eigenvalue weighted by Gasteiger charge is 2.30. The standard InChI is InChI=1S/C21H28BrClN2O2.C2H5N.C2H6/c1-6-7-19(17-9-8-16(23)14-18(17)15(2)22)24-10-12-25(13-11-24)20(26)27-21(3,4)5;1-2-3;1-2/h6,8-9,14,19H,1-2,7,10-13H2,3-5H3;2H,1,3H2;1-2H3. The molecule has 1 saturated heterocycles. The fraction of sp³-hybridized carbons (Fsp3) is 0.480. The molecule has 1 aliphatic rings. The van der Waals surface area contributed by atoms with Crippen LogP contribution < -0.4 is 5.73 Å². The average Bonchev–Trinajstić information content (AvgIpc) is 2.73. The minimum atomic E-state index is -0.478. The van der Waals surface area contributed by atoms with Gasteiger partial charge in [-0.2, -0.15) is 0 Å². The first-order chi connectivity index (χ1) is 15.0. The highest BCUT2D eigenvalue weighted by atomic mass is 79.9. The van der Waals surface area contributed by atoms with Crippen LogP contribution in [0.3, 0.4) is 0 Å². The first-order valence-electron chi connectivity index (χ1n) is 10.8. The van der Waals surface area contributed by atoms with Crippen LogP contribution >= 0.6 is 27.5 Å². The second-order valence-electron chi connectivity index (χ2n) is 7.92. The zero-order valence-corrected chi connectivity index (χ0v) is 22.5. The number of carbonyl (C=O) groups excluding carboxylic acids is 1. The Morgan fingerprint density at radius 1 is 1.25 bits per heavy atom.